The highest BCUT2D eigenvalue weighted by molar-refractivity contribution is 14.1. The minimum Gasteiger partial charge on any atom is -0.399 e. The van der Waals surface area contributed by atoms with Gasteiger partial charge in [0.05, 0.1) is 6.42 Å². The summed E-state index contributed by atoms with van der Waals surface area (Å²) >= 11 is 2.26. The molecule has 0 aliphatic heterocycles. The van der Waals surface area contributed by atoms with Gasteiger partial charge in [-0.3, -0.25) is 4.79 Å². The number of amides is 1. The SMILES string of the molecule is Cc1ccc(NC(=O)Cc2ccc(N)cc2)cc1I. The summed E-state index contributed by atoms with van der Waals surface area (Å²) in [7, 11) is 0. The topological polar surface area (TPSA) is 55.1 Å². The van der Waals surface area contributed by atoms with Gasteiger partial charge in [-0.1, -0.05) is 18.2 Å². The van der Waals surface area contributed by atoms with Crippen LogP contribution in [-0.2, 0) is 11.2 Å². The summed E-state index contributed by atoms with van der Waals surface area (Å²) in [5.41, 5.74) is 9.30. The molecule has 0 fully saturated rings. The summed E-state index contributed by atoms with van der Waals surface area (Å²) in [6.45, 7) is 2.04. The number of nitrogens with two attached hydrogens (primary N) is 1. The van der Waals surface area contributed by atoms with Crippen LogP contribution in [0.1, 0.15) is 11.1 Å². The highest BCUT2D eigenvalue weighted by atomic mass is 127. The Kier molecular flexibility index (Phi) is 4.42. The maximum Gasteiger partial charge on any atom is 0.228 e. The standard InChI is InChI=1S/C15H15IN2O/c1-10-2-7-13(9-14(10)16)18-15(19)8-11-3-5-12(17)6-4-11/h2-7,9H,8,17H2,1H3,(H,18,19). The van der Waals surface area contributed by atoms with Crippen LogP contribution in [0.25, 0.3) is 0 Å². The lowest BCUT2D eigenvalue weighted by Gasteiger charge is -2.07. The lowest BCUT2D eigenvalue weighted by atomic mass is 10.1. The molecule has 0 aliphatic rings. The van der Waals surface area contributed by atoms with Crippen LogP contribution in [0.5, 0.6) is 0 Å². The van der Waals surface area contributed by atoms with E-state index in [2.05, 4.69) is 27.9 Å². The first-order valence-corrected chi connectivity index (χ1v) is 7.03. The van der Waals surface area contributed by atoms with Crippen molar-refractivity contribution in [3.05, 3.63) is 57.2 Å². The number of halogens is 1. The zero-order chi connectivity index (χ0) is 13.8. The molecular formula is C15H15IN2O. The van der Waals surface area contributed by atoms with Gasteiger partial charge in [-0.15, -0.1) is 0 Å². The summed E-state index contributed by atoms with van der Waals surface area (Å²) in [5, 5.41) is 2.90. The van der Waals surface area contributed by atoms with Crippen LogP contribution in [0.15, 0.2) is 42.5 Å². The van der Waals surface area contributed by atoms with E-state index < -0.39 is 0 Å². The van der Waals surface area contributed by atoms with Crippen molar-refractivity contribution in [2.45, 2.75) is 13.3 Å². The van der Waals surface area contributed by atoms with Gasteiger partial charge >= 0.3 is 0 Å². The van der Waals surface area contributed by atoms with E-state index in [0.717, 1.165) is 14.8 Å². The maximum atomic E-state index is 11.9. The minimum atomic E-state index is -0.0237. The zero-order valence-corrected chi connectivity index (χ0v) is 12.8. The summed E-state index contributed by atoms with van der Waals surface area (Å²) < 4.78 is 1.14. The minimum absolute atomic E-state index is 0.0237. The number of rotatable bonds is 3. The van der Waals surface area contributed by atoms with Crippen LogP contribution in [0, 0.1) is 10.5 Å². The van der Waals surface area contributed by atoms with Crippen molar-refractivity contribution in [1.82, 2.24) is 0 Å². The largest absolute Gasteiger partial charge is 0.399 e. The summed E-state index contributed by atoms with van der Waals surface area (Å²) in [6.07, 6.45) is 0.352. The third kappa shape index (κ3) is 3.96. The normalized spacial score (nSPS) is 10.2. The number of hydrogen-bond donors (Lipinski definition) is 2. The number of carbonyl (C=O) groups excluding carboxylic acids is 1. The number of nitrogen functional groups attached to an aromatic ring is 1. The van der Waals surface area contributed by atoms with E-state index in [1.165, 1.54) is 5.56 Å². The highest BCUT2D eigenvalue weighted by Gasteiger charge is 2.05. The summed E-state index contributed by atoms with van der Waals surface area (Å²) in [5.74, 6) is -0.0237. The molecule has 0 aliphatic carbocycles. The number of anilines is 2. The fraction of sp³-hybridized carbons (Fsp3) is 0.133. The fourth-order valence-corrected chi connectivity index (χ4v) is 2.21. The molecule has 2 aromatic rings. The number of carbonyl (C=O) groups is 1. The third-order valence-electron chi connectivity index (χ3n) is 2.80. The Labute approximate surface area is 126 Å². The van der Waals surface area contributed by atoms with E-state index in [4.69, 9.17) is 5.73 Å². The van der Waals surface area contributed by atoms with Crippen LogP contribution >= 0.6 is 22.6 Å². The van der Waals surface area contributed by atoms with E-state index in [0.29, 0.717) is 12.1 Å². The van der Waals surface area contributed by atoms with Crippen LogP contribution in [0.4, 0.5) is 11.4 Å². The van der Waals surface area contributed by atoms with Crippen molar-refractivity contribution in [3.8, 4) is 0 Å². The second-order valence-corrected chi connectivity index (χ2v) is 5.59. The molecule has 19 heavy (non-hydrogen) atoms. The molecule has 2 aromatic carbocycles. The Morgan fingerprint density at radius 3 is 2.53 bits per heavy atom. The number of hydrogen-bond acceptors (Lipinski definition) is 2. The van der Waals surface area contributed by atoms with Gasteiger partial charge in [-0.2, -0.15) is 0 Å². The van der Waals surface area contributed by atoms with Gasteiger partial charge < -0.3 is 11.1 Å². The highest BCUT2D eigenvalue weighted by Crippen LogP contribution is 2.17. The second-order valence-electron chi connectivity index (χ2n) is 4.43. The molecule has 2 rings (SSSR count). The average Bonchev–Trinajstić information content (AvgIpc) is 2.37. The van der Waals surface area contributed by atoms with Crippen molar-refractivity contribution < 1.29 is 4.79 Å². The van der Waals surface area contributed by atoms with Crippen molar-refractivity contribution >= 4 is 39.9 Å². The Balaban J connectivity index is 2.01. The molecule has 1 amide bonds. The first kappa shape index (κ1) is 13.9. The number of nitrogens with one attached hydrogen (secondary N) is 1. The predicted molar refractivity (Wildman–Crippen MR) is 87.1 cm³/mol. The zero-order valence-electron chi connectivity index (χ0n) is 10.6. The smallest absolute Gasteiger partial charge is 0.228 e. The lowest BCUT2D eigenvalue weighted by Crippen LogP contribution is -2.14. The van der Waals surface area contributed by atoms with Gasteiger partial charge in [-0.25, -0.2) is 0 Å². The van der Waals surface area contributed by atoms with Gasteiger partial charge in [0.1, 0.15) is 0 Å². The fourth-order valence-electron chi connectivity index (χ4n) is 1.70. The molecule has 3 nitrogen and oxygen atoms in total. The second kappa shape index (κ2) is 6.06. The Bertz CT molecular complexity index is 594. The van der Waals surface area contributed by atoms with Crippen LogP contribution in [0.2, 0.25) is 0 Å². The van der Waals surface area contributed by atoms with Crippen molar-refractivity contribution in [2.75, 3.05) is 11.1 Å². The van der Waals surface area contributed by atoms with Crippen molar-refractivity contribution in [1.29, 1.82) is 0 Å². The molecule has 0 heterocycles. The first-order chi connectivity index (χ1) is 9.04. The van der Waals surface area contributed by atoms with E-state index >= 15 is 0 Å². The molecule has 0 atom stereocenters. The van der Waals surface area contributed by atoms with Crippen molar-refractivity contribution in [3.63, 3.8) is 0 Å². The molecule has 0 unspecified atom stereocenters. The molecule has 0 spiro atoms. The Morgan fingerprint density at radius 2 is 1.89 bits per heavy atom. The van der Waals surface area contributed by atoms with Crippen molar-refractivity contribution in [2.24, 2.45) is 0 Å². The monoisotopic (exact) mass is 366 g/mol. The summed E-state index contributed by atoms with van der Waals surface area (Å²) in [6, 6.07) is 13.2. The molecule has 0 saturated heterocycles. The van der Waals surface area contributed by atoms with Crippen LogP contribution in [-0.4, -0.2) is 5.91 Å². The quantitative estimate of drug-likeness (QED) is 0.647. The number of benzene rings is 2. The van der Waals surface area contributed by atoms with Gasteiger partial charge in [0.15, 0.2) is 0 Å². The Hall–Kier alpha value is -1.56. The van der Waals surface area contributed by atoms with Gasteiger partial charge in [-0.05, 0) is 64.9 Å². The molecule has 0 radical (unpaired) electrons. The van der Waals surface area contributed by atoms with Crippen LogP contribution < -0.4 is 11.1 Å². The van der Waals surface area contributed by atoms with Gasteiger partial charge in [0, 0.05) is 14.9 Å². The van der Waals surface area contributed by atoms with E-state index in [9.17, 15) is 4.79 Å². The Morgan fingerprint density at radius 1 is 1.21 bits per heavy atom. The van der Waals surface area contributed by atoms with Crippen LogP contribution in [0.3, 0.4) is 0 Å². The lowest BCUT2D eigenvalue weighted by molar-refractivity contribution is -0.115. The molecule has 0 bridgehead atoms. The molecule has 0 saturated carbocycles. The van der Waals surface area contributed by atoms with Gasteiger partial charge in [0.25, 0.3) is 0 Å². The molecule has 4 heteroatoms. The molecule has 3 N–H and O–H groups in total. The van der Waals surface area contributed by atoms with E-state index in [-0.39, 0.29) is 5.91 Å². The van der Waals surface area contributed by atoms with E-state index in [1.54, 1.807) is 12.1 Å². The molecule has 0 aromatic heterocycles. The molecule has 98 valence electrons. The number of aryl methyl sites for hydroxylation is 1. The predicted octanol–water partition coefficient (Wildman–Crippen LogP) is 3.36. The third-order valence-corrected chi connectivity index (χ3v) is 3.96. The summed E-state index contributed by atoms with van der Waals surface area (Å²) in [4.78, 5) is 11.9. The maximum absolute atomic E-state index is 11.9. The molecular weight excluding hydrogens is 351 g/mol. The van der Waals surface area contributed by atoms with E-state index in [1.807, 2.05) is 37.3 Å². The first-order valence-electron chi connectivity index (χ1n) is 5.95. The average molecular weight is 366 g/mol. The van der Waals surface area contributed by atoms with Gasteiger partial charge in [0.2, 0.25) is 5.91 Å².